The second-order valence-electron chi connectivity index (χ2n) is 2.33. The van der Waals surface area contributed by atoms with Gasteiger partial charge >= 0.3 is 0 Å². The van der Waals surface area contributed by atoms with Crippen molar-refractivity contribution < 1.29 is 4.84 Å². The molecule has 0 amide bonds. The molecule has 12 heavy (non-hydrogen) atoms. The van der Waals surface area contributed by atoms with E-state index >= 15 is 0 Å². The molecule has 0 bridgehead atoms. The summed E-state index contributed by atoms with van der Waals surface area (Å²) < 4.78 is 0. The first-order valence-corrected chi connectivity index (χ1v) is 3.79. The van der Waals surface area contributed by atoms with Crippen molar-refractivity contribution in [3.63, 3.8) is 0 Å². The van der Waals surface area contributed by atoms with Gasteiger partial charge in [0.2, 0.25) is 0 Å². The van der Waals surface area contributed by atoms with Crippen LogP contribution in [0.5, 0.6) is 0 Å². The van der Waals surface area contributed by atoms with E-state index in [0.29, 0.717) is 6.61 Å². The first-order chi connectivity index (χ1) is 5.36. The van der Waals surface area contributed by atoms with Gasteiger partial charge in [-0.25, -0.2) is 5.06 Å². The lowest BCUT2D eigenvalue weighted by Crippen LogP contribution is -2.25. The molecule has 0 saturated carbocycles. The summed E-state index contributed by atoms with van der Waals surface area (Å²) in [5, 5.41) is 1.81. The summed E-state index contributed by atoms with van der Waals surface area (Å²) in [6.07, 6.45) is 5.80. The summed E-state index contributed by atoms with van der Waals surface area (Å²) in [4.78, 5) is 7.36. The molecule has 1 rings (SSSR count). The van der Waals surface area contributed by atoms with E-state index < -0.39 is 0 Å². The summed E-state index contributed by atoms with van der Waals surface area (Å²) in [5.41, 5.74) is 0. The molecular weight excluding hydrogens is 220 g/mol. The molecular formula is C8H15BrN2O. The van der Waals surface area contributed by atoms with Crippen molar-refractivity contribution in [1.82, 2.24) is 9.96 Å². The number of halogens is 1. The maximum absolute atomic E-state index is 5.25. The minimum atomic E-state index is 0. The van der Waals surface area contributed by atoms with Gasteiger partial charge in [0, 0.05) is 18.9 Å². The number of hydroxylamine groups is 2. The monoisotopic (exact) mass is 234 g/mol. The third-order valence-corrected chi connectivity index (χ3v) is 1.42. The lowest BCUT2D eigenvalue weighted by molar-refractivity contribution is -0.122. The average Bonchev–Trinajstić information content (AvgIpc) is 2.38. The van der Waals surface area contributed by atoms with Crippen LogP contribution < -0.4 is 0 Å². The van der Waals surface area contributed by atoms with Crippen LogP contribution in [0, 0.1) is 0 Å². The van der Waals surface area contributed by atoms with E-state index in [-0.39, 0.29) is 17.0 Å². The van der Waals surface area contributed by atoms with Crippen LogP contribution >= 0.6 is 17.0 Å². The van der Waals surface area contributed by atoms with E-state index in [1.54, 1.807) is 0 Å². The lowest BCUT2D eigenvalue weighted by atomic mass is 10.6. The molecule has 1 heterocycles. The van der Waals surface area contributed by atoms with Gasteiger partial charge in [-0.15, -0.1) is 23.6 Å². The van der Waals surface area contributed by atoms with E-state index in [9.17, 15) is 0 Å². The van der Waals surface area contributed by atoms with Crippen LogP contribution in [0.15, 0.2) is 25.1 Å². The summed E-state index contributed by atoms with van der Waals surface area (Å²) in [6, 6.07) is 0. The van der Waals surface area contributed by atoms with Crippen molar-refractivity contribution in [2.75, 3.05) is 19.8 Å². The molecule has 0 radical (unpaired) electrons. The van der Waals surface area contributed by atoms with Crippen molar-refractivity contribution in [3.05, 3.63) is 25.1 Å². The minimum absolute atomic E-state index is 0. The van der Waals surface area contributed by atoms with Gasteiger partial charge in [-0.05, 0) is 6.92 Å². The fourth-order valence-corrected chi connectivity index (χ4v) is 0.976. The number of rotatable bonds is 4. The second-order valence-corrected chi connectivity index (χ2v) is 2.33. The Kier molecular flexibility index (Phi) is 5.84. The Morgan fingerprint density at radius 3 is 2.92 bits per heavy atom. The van der Waals surface area contributed by atoms with Crippen LogP contribution in [0.25, 0.3) is 0 Å². The van der Waals surface area contributed by atoms with Gasteiger partial charge in [0.25, 0.3) is 0 Å². The van der Waals surface area contributed by atoms with E-state index in [1.807, 2.05) is 30.5 Å². The standard InChI is InChI=1S/C8H14N2O.BrH/c1-3-5-9-6-7-10(8-9)11-4-2;/h3,6-7H,1,4-5,8H2,2H3;1H. The Bertz CT molecular complexity index is 161. The number of nitrogens with zero attached hydrogens (tertiary/aromatic N) is 2. The Morgan fingerprint density at radius 1 is 1.58 bits per heavy atom. The molecule has 3 nitrogen and oxygen atoms in total. The molecule has 0 aromatic heterocycles. The number of hydrogen-bond acceptors (Lipinski definition) is 3. The van der Waals surface area contributed by atoms with Crippen LogP contribution in [0.3, 0.4) is 0 Å². The zero-order valence-electron chi connectivity index (χ0n) is 7.27. The normalized spacial score (nSPS) is 14.8. The molecule has 0 fully saturated rings. The maximum Gasteiger partial charge on any atom is 0.116 e. The van der Waals surface area contributed by atoms with Gasteiger partial charge in [0.1, 0.15) is 6.67 Å². The van der Waals surface area contributed by atoms with Crippen molar-refractivity contribution in [3.8, 4) is 0 Å². The van der Waals surface area contributed by atoms with E-state index in [2.05, 4.69) is 11.5 Å². The first kappa shape index (κ1) is 11.5. The second kappa shape index (κ2) is 6.08. The summed E-state index contributed by atoms with van der Waals surface area (Å²) in [5.74, 6) is 0. The molecule has 0 saturated heterocycles. The quantitative estimate of drug-likeness (QED) is 0.690. The first-order valence-electron chi connectivity index (χ1n) is 3.79. The molecule has 4 heteroatoms. The molecule has 0 spiro atoms. The minimum Gasteiger partial charge on any atom is -0.353 e. The van der Waals surface area contributed by atoms with E-state index in [4.69, 9.17) is 4.84 Å². The van der Waals surface area contributed by atoms with Crippen LogP contribution in [0.4, 0.5) is 0 Å². The highest BCUT2D eigenvalue weighted by atomic mass is 79.9. The van der Waals surface area contributed by atoms with Crippen LogP contribution in [0.2, 0.25) is 0 Å². The average molecular weight is 235 g/mol. The molecule has 1 aliphatic rings. The molecule has 70 valence electrons. The van der Waals surface area contributed by atoms with Crippen LogP contribution in [-0.4, -0.2) is 29.8 Å². The van der Waals surface area contributed by atoms with Gasteiger partial charge in [-0.2, -0.15) is 0 Å². The number of hydrogen-bond donors (Lipinski definition) is 0. The molecule has 0 aliphatic carbocycles. The Balaban J connectivity index is 0.00000121. The van der Waals surface area contributed by atoms with E-state index in [0.717, 1.165) is 13.2 Å². The molecule has 0 aromatic rings. The zero-order chi connectivity index (χ0) is 8.10. The predicted octanol–water partition coefficient (Wildman–Crippen LogP) is 1.75. The summed E-state index contributed by atoms with van der Waals surface area (Å²) in [7, 11) is 0. The van der Waals surface area contributed by atoms with E-state index in [1.165, 1.54) is 0 Å². The SMILES string of the molecule is Br.C=CCN1C=CN(OCC)C1. The smallest absolute Gasteiger partial charge is 0.116 e. The Hall–Kier alpha value is -0.480. The van der Waals surface area contributed by atoms with Crippen LogP contribution in [-0.2, 0) is 4.84 Å². The van der Waals surface area contributed by atoms with Crippen LogP contribution in [0.1, 0.15) is 6.92 Å². The van der Waals surface area contributed by atoms with Crippen molar-refractivity contribution >= 4 is 17.0 Å². The molecule has 0 N–H and O–H groups in total. The Morgan fingerprint density at radius 2 is 2.33 bits per heavy atom. The molecule has 1 aliphatic heterocycles. The summed E-state index contributed by atoms with van der Waals surface area (Å²) in [6.45, 7) is 8.03. The van der Waals surface area contributed by atoms with Gasteiger partial charge in [0.15, 0.2) is 0 Å². The predicted molar refractivity (Wildman–Crippen MR) is 54.7 cm³/mol. The van der Waals surface area contributed by atoms with Gasteiger partial charge in [-0.3, -0.25) is 4.84 Å². The Labute approximate surface area is 84.0 Å². The highest BCUT2D eigenvalue weighted by Crippen LogP contribution is 2.05. The van der Waals surface area contributed by atoms with Crippen molar-refractivity contribution in [2.24, 2.45) is 0 Å². The third-order valence-electron chi connectivity index (χ3n) is 1.42. The zero-order valence-corrected chi connectivity index (χ0v) is 8.98. The van der Waals surface area contributed by atoms with Crippen molar-refractivity contribution in [2.45, 2.75) is 6.92 Å². The topological polar surface area (TPSA) is 15.7 Å². The highest BCUT2D eigenvalue weighted by Gasteiger charge is 2.09. The van der Waals surface area contributed by atoms with Gasteiger partial charge < -0.3 is 4.90 Å². The van der Waals surface area contributed by atoms with Gasteiger partial charge in [0.05, 0.1) is 6.61 Å². The largest absolute Gasteiger partial charge is 0.353 e. The fraction of sp³-hybridized carbons (Fsp3) is 0.500. The molecule has 0 aromatic carbocycles. The maximum atomic E-state index is 5.25. The molecule has 0 atom stereocenters. The van der Waals surface area contributed by atoms with Gasteiger partial charge in [-0.1, -0.05) is 6.08 Å². The summed E-state index contributed by atoms with van der Waals surface area (Å²) >= 11 is 0. The van der Waals surface area contributed by atoms with Crippen molar-refractivity contribution in [1.29, 1.82) is 0 Å². The fourth-order valence-electron chi connectivity index (χ4n) is 0.976. The lowest BCUT2D eigenvalue weighted by Gasteiger charge is -2.18. The highest BCUT2D eigenvalue weighted by molar-refractivity contribution is 8.93. The molecule has 0 unspecified atom stereocenters. The third kappa shape index (κ3) is 3.28.